The number of nitrogens with one attached hydrogen (secondary N) is 1. The van der Waals surface area contributed by atoms with Crippen molar-refractivity contribution >= 4 is 10.0 Å². The van der Waals surface area contributed by atoms with Crippen LogP contribution in [0, 0.1) is 5.82 Å². The van der Waals surface area contributed by atoms with Crippen LogP contribution in [0.4, 0.5) is 4.39 Å². The minimum atomic E-state index is -3.95. The quantitative estimate of drug-likeness (QED) is 0.359. The summed E-state index contributed by atoms with van der Waals surface area (Å²) < 4.78 is 38.5. The number of nitrogens with zero attached hydrogens (tertiary/aromatic N) is 4. The lowest BCUT2D eigenvalue weighted by Gasteiger charge is -2.05. The molecule has 0 saturated carbocycles. The Hall–Kier alpha value is -1.70. The van der Waals surface area contributed by atoms with Crippen LogP contribution in [0.5, 0.6) is 0 Å². The van der Waals surface area contributed by atoms with Gasteiger partial charge in [0.05, 0.1) is 0 Å². The molecule has 0 spiro atoms. The van der Waals surface area contributed by atoms with E-state index in [4.69, 9.17) is 5.53 Å². The van der Waals surface area contributed by atoms with Crippen LogP contribution in [0.2, 0.25) is 0 Å². The molecule has 0 aromatic carbocycles. The van der Waals surface area contributed by atoms with Crippen LogP contribution in [0.1, 0.15) is 6.42 Å². The summed E-state index contributed by atoms with van der Waals surface area (Å²) in [4.78, 5) is 5.97. The second kappa shape index (κ2) is 6.14. The highest BCUT2D eigenvalue weighted by Crippen LogP contribution is 2.09. The average Bonchev–Trinajstić information content (AvgIpc) is 2.29. The predicted octanol–water partition coefficient (Wildman–Crippen LogP) is 1.20. The lowest BCUT2D eigenvalue weighted by Crippen LogP contribution is -2.26. The molecule has 0 aliphatic heterocycles. The molecular formula is C8H10FN5O2S. The maximum absolute atomic E-state index is 13.2. The highest BCUT2D eigenvalue weighted by Gasteiger charge is 2.19. The number of halogens is 1. The molecule has 1 N–H and O–H groups in total. The molecule has 0 atom stereocenters. The van der Waals surface area contributed by atoms with Crippen molar-refractivity contribution in [2.45, 2.75) is 11.4 Å². The van der Waals surface area contributed by atoms with E-state index in [1.165, 1.54) is 12.3 Å². The molecule has 7 nitrogen and oxygen atoms in total. The van der Waals surface area contributed by atoms with Crippen molar-refractivity contribution < 1.29 is 12.8 Å². The molecule has 0 aliphatic carbocycles. The van der Waals surface area contributed by atoms with E-state index >= 15 is 0 Å². The van der Waals surface area contributed by atoms with Crippen molar-refractivity contribution in [1.82, 2.24) is 9.71 Å². The minimum absolute atomic E-state index is 0.0529. The van der Waals surface area contributed by atoms with Gasteiger partial charge in [-0.25, -0.2) is 22.5 Å². The number of rotatable bonds is 6. The van der Waals surface area contributed by atoms with E-state index in [2.05, 4.69) is 19.7 Å². The van der Waals surface area contributed by atoms with E-state index in [0.29, 0.717) is 6.42 Å². The van der Waals surface area contributed by atoms with Crippen molar-refractivity contribution in [1.29, 1.82) is 0 Å². The highest BCUT2D eigenvalue weighted by molar-refractivity contribution is 7.89. The molecule has 17 heavy (non-hydrogen) atoms. The number of aromatic nitrogens is 1. The number of azide groups is 1. The Morgan fingerprint density at radius 2 is 2.35 bits per heavy atom. The third kappa shape index (κ3) is 3.99. The van der Waals surface area contributed by atoms with E-state index in [1.807, 2.05) is 0 Å². The normalized spacial score (nSPS) is 10.9. The first-order valence-electron chi connectivity index (χ1n) is 4.69. The van der Waals surface area contributed by atoms with Gasteiger partial charge in [-0.2, -0.15) is 0 Å². The molecule has 92 valence electrons. The van der Waals surface area contributed by atoms with E-state index in [9.17, 15) is 12.8 Å². The SMILES string of the molecule is [N-]=[N+]=NCCCNS(=O)(=O)c1ncccc1F. The monoisotopic (exact) mass is 259 g/mol. The third-order valence-corrected chi connectivity index (χ3v) is 3.16. The third-order valence-electron chi connectivity index (χ3n) is 1.77. The van der Waals surface area contributed by atoms with E-state index in [0.717, 1.165) is 6.07 Å². The fourth-order valence-electron chi connectivity index (χ4n) is 1.04. The fourth-order valence-corrected chi connectivity index (χ4v) is 2.11. The lowest BCUT2D eigenvalue weighted by molar-refractivity contribution is 0.543. The first kappa shape index (κ1) is 13.4. The zero-order chi connectivity index (χ0) is 12.7. The van der Waals surface area contributed by atoms with Gasteiger partial charge >= 0.3 is 0 Å². The second-order valence-corrected chi connectivity index (χ2v) is 4.68. The summed E-state index contributed by atoms with van der Waals surface area (Å²) in [7, 11) is -3.95. The Morgan fingerprint density at radius 3 is 3.00 bits per heavy atom. The molecule has 0 amide bonds. The van der Waals surface area contributed by atoms with Crippen LogP contribution in [0.3, 0.4) is 0 Å². The summed E-state index contributed by atoms with van der Waals surface area (Å²) in [5.74, 6) is -0.907. The van der Waals surface area contributed by atoms with Crippen LogP contribution < -0.4 is 4.72 Å². The molecule has 1 heterocycles. The first-order chi connectivity index (χ1) is 8.08. The summed E-state index contributed by atoms with van der Waals surface area (Å²) in [5, 5.41) is 2.60. The Bertz CT molecular complexity index is 526. The van der Waals surface area contributed by atoms with Gasteiger partial charge in [-0.15, -0.1) is 0 Å². The predicted molar refractivity (Wildman–Crippen MR) is 58.0 cm³/mol. The van der Waals surface area contributed by atoms with E-state index in [1.54, 1.807) is 0 Å². The zero-order valence-electron chi connectivity index (χ0n) is 8.74. The topological polar surface area (TPSA) is 108 Å². The maximum atomic E-state index is 13.2. The molecule has 0 bridgehead atoms. The zero-order valence-corrected chi connectivity index (χ0v) is 9.56. The molecule has 0 unspecified atom stereocenters. The molecule has 0 saturated heterocycles. The lowest BCUT2D eigenvalue weighted by atomic mass is 10.4. The van der Waals surface area contributed by atoms with Crippen LogP contribution in [0.25, 0.3) is 10.4 Å². The number of hydrogen-bond acceptors (Lipinski definition) is 4. The summed E-state index contributed by atoms with van der Waals surface area (Å²) in [5.41, 5.74) is 8.00. The van der Waals surface area contributed by atoms with Crippen LogP contribution in [-0.4, -0.2) is 26.5 Å². The molecule has 1 aromatic rings. The van der Waals surface area contributed by atoms with Crippen molar-refractivity contribution in [3.8, 4) is 0 Å². The smallest absolute Gasteiger partial charge is 0.241 e. The van der Waals surface area contributed by atoms with Crippen LogP contribution >= 0.6 is 0 Å². The maximum Gasteiger partial charge on any atom is 0.261 e. The fraction of sp³-hybridized carbons (Fsp3) is 0.375. The van der Waals surface area contributed by atoms with Crippen molar-refractivity contribution in [3.63, 3.8) is 0 Å². The van der Waals surface area contributed by atoms with Gasteiger partial charge in [0, 0.05) is 24.2 Å². The Morgan fingerprint density at radius 1 is 1.59 bits per heavy atom. The molecular weight excluding hydrogens is 249 g/mol. The van der Waals surface area contributed by atoms with Gasteiger partial charge in [-0.05, 0) is 24.1 Å². The number of sulfonamides is 1. The van der Waals surface area contributed by atoms with Crippen LogP contribution in [-0.2, 0) is 10.0 Å². The molecule has 1 rings (SSSR count). The summed E-state index contributed by atoms with van der Waals surface area (Å²) in [6.45, 7) is 0.223. The van der Waals surface area contributed by atoms with Gasteiger partial charge in [0.2, 0.25) is 5.03 Å². The van der Waals surface area contributed by atoms with Gasteiger partial charge in [0.1, 0.15) is 0 Å². The van der Waals surface area contributed by atoms with E-state index < -0.39 is 20.9 Å². The largest absolute Gasteiger partial charge is 0.261 e. The van der Waals surface area contributed by atoms with Gasteiger partial charge < -0.3 is 0 Å². The standard InChI is InChI=1S/C8H10FN5O2S/c9-7-3-1-4-11-8(7)17(15,16)13-6-2-5-12-14-10/h1,3-4,13H,2,5-6H2. The summed E-state index contributed by atoms with van der Waals surface area (Å²) >= 11 is 0. The van der Waals surface area contributed by atoms with Crippen molar-refractivity contribution in [3.05, 3.63) is 34.6 Å². The Kier molecular flexibility index (Phi) is 4.83. The molecule has 0 fully saturated rings. The van der Waals surface area contributed by atoms with Crippen molar-refractivity contribution in [2.24, 2.45) is 5.11 Å². The molecule has 9 heteroatoms. The Labute approximate surface area is 97.4 Å². The summed E-state index contributed by atoms with van der Waals surface area (Å²) in [6, 6.07) is 2.32. The average molecular weight is 259 g/mol. The highest BCUT2D eigenvalue weighted by atomic mass is 32.2. The van der Waals surface area contributed by atoms with Crippen molar-refractivity contribution in [2.75, 3.05) is 13.1 Å². The number of pyridine rings is 1. The number of hydrogen-bond donors (Lipinski definition) is 1. The van der Waals surface area contributed by atoms with Gasteiger partial charge in [0.15, 0.2) is 5.82 Å². The molecule has 0 aliphatic rings. The first-order valence-corrected chi connectivity index (χ1v) is 6.17. The van der Waals surface area contributed by atoms with E-state index in [-0.39, 0.29) is 13.1 Å². The van der Waals surface area contributed by atoms with Crippen LogP contribution in [0.15, 0.2) is 28.5 Å². The second-order valence-electron chi connectivity index (χ2n) is 3.00. The van der Waals surface area contributed by atoms with Gasteiger partial charge in [0.25, 0.3) is 10.0 Å². The minimum Gasteiger partial charge on any atom is -0.241 e. The van der Waals surface area contributed by atoms with Gasteiger partial charge in [-0.3, -0.25) is 0 Å². The molecule has 1 aromatic heterocycles. The summed E-state index contributed by atoms with van der Waals surface area (Å²) in [6.07, 6.45) is 1.52. The molecule has 0 radical (unpaired) electrons. The van der Waals surface area contributed by atoms with Gasteiger partial charge in [-0.1, -0.05) is 5.11 Å². The Balaban J connectivity index is 2.64.